The molecule has 0 heterocycles. The molecule has 1 aromatic carbocycles. The number of carboxylic acids is 1. The third-order valence-electron chi connectivity index (χ3n) is 3.29. The minimum atomic E-state index is -0.996. The van der Waals surface area contributed by atoms with Crippen molar-refractivity contribution in [1.29, 1.82) is 0 Å². The van der Waals surface area contributed by atoms with Gasteiger partial charge in [0.25, 0.3) is 0 Å². The Kier molecular flexibility index (Phi) is 5.70. The maximum Gasteiger partial charge on any atom is 0.336 e. The van der Waals surface area contributed by atoms with E-state index in [1.165, 1.54) is 6.07 Å². The number of rotatable bonds is 6. The van der Waals surface area contributed by atoms with Gasteiger partial charge in [0.15, 0.2) is 0 Å². The van der Waals surface area contributed by atoms with Gasteiger partial charge >= 0.3 is 5.97 Å². The van der Waals surface area contributed by atoms with E-state index >= 15 is 0 Å². The summed E-state index contributed by atoms with van der Waals surface area (Å²) in [5.74, 6) is -1.19. The molecule has 5 nitrogen and oxygen atoms in total. The van der Waals surface area contributed by atoms with Crippen molar-refractivity contribution >= 4 is 17.6 Å². The fourth-order valence-electron chi connectivity index (χ4n) is 2.08. The Balaban J connectivity index is 2.83. The van der Waals surface area contributed by atoms with Crippen LogP contribution in [-0.4, -0.2) is 23.0 Å². The number of hydrogen-bond acceptors (Lipinski definition) is 3. The largest absolute Gasteiger partial charge is 0.478 e. The first kappa shape index (κ1) is 16.2. The van der Waals surface area contributed by atoms with E-state index in [2.05, 4.69) is 5.32 Å². The topological polar surface area (TPSA) is 92.4 Å². The number of amides is 1. The van der Waals surface area contributed by atoms with Gasteiger partial charge < -0.3 is 16.2 Å². The number of aromatic carboxylic acids is 1. The van der Waals surface area contributed by atoms with Gasteiger partial charge in [0, 0.05) is 18.2 Å². The molecule has 0 aliphatic rings. The predicted molar refractivity (Wildman–Crippen MR) is 79.0 cm³/mol. The second-order valence-electron chi connectivity index (χ2n) is 5.07. The monoisotopic (exact) mass is 278 g/mol. The van der Waals surface area contributed by atoms with Crippen molar-refractivity contribution in [3.05, 3.63) is 28.8 Å². The molecule has 0 aliphatic heterocycles. The number of hydrogen-bond donors (Lipinski definition) is 3. The first-order valence-electron chi connectivity index (χ1n) is 6.75. The Morgan fingerprint density at radius 2 is 2.00 bits per heavy atom. The molecule has 0 saturated carbocycles. The SMILES string of the molecule is CCCC(N)CC(=O)Nc1cc(C)c(C)c(C(=O)O)c1. The van der Waals surface area contributed by atoms with E-state index < -0.39 is 5.97 Å². The molecule has 0 fully saturated rings. The lowest BCUT2D eigenvalue weighted by Crippen LogP contribution is -2.27. The molecule has 1 aromatic rings. The summed E-state index contributed by atoms with van der Waals surface area (Å²) >= 11 is 0. The van der Waals surface area contributed by atoms with E-state index in [9.17, 15) is 9.59 Å². The molecule has 5 heteroatoms. The highest BCUT2D eigenvalue weighted by Crippen LogP contribution is 2.20. The quantitative estimate of drug-likeness (QED) is 0.745. The van der Waals surface area contributed by atoms with E-state index in [1.807, 2.05) is 13.8 Å². The van der Waals surface area contributed by atoms with Gasteiger partial charge in [-0.1, -0.05) is 13.3 Å². The highest BCUT2D eigenvalue weighted by molar-refractivity contribution is 5.95. The second kappa shape index (κ2) is 7.05. The Bertz CT molecular complexity index is 512. The Morgan fingerprint density at radius 3 is 2.55 bits per heavy atom. The van der Waals surface area contributed by atoms with Crippen molar-refractivity contribution in [2.24, 2.45) is 5.73 Å². The molecular weight excluding hydrogens is 256 g/mol. The van der Waals surface area contributed by atoms with Gasteiger partial charge in [0.2, 0.25) is 5.91 Å². The van der Waals surface area contributed by atoms with Crippen LogP contribution in [0.25, 0.3) is 0 Å². The Hall–Kier alpha value is -1.88. The highest BCUT2D eigenvalue weighted by atomic mass is 16.4. The third-order valence-corrected chi connectivity index (χ3v) is 3.29. The number of carbonyl (C=O) groups is 2. The van der Waals surface area contributed by atoms with E-state index in [0.29, 0.717) is 11.3 Å². The van der Waals surface area contributed by atoms with Gasteiger partial charge in [-0.25, -0.2) is 4.79 Å². The summed E-state index contributed by atoms with van der Waals surface area (Å²) in [4.78, 5) is 23.0. The zero-order valence-electron chi connectivity index (χ0n) is 12.2. The fourth-order valence-corrected chi connectivity index (χ4v) is 2.08. The van der Waals surface area contributed by atoms with Crippen molar-refractivity contribution in [1.82, 2.24) is 0 Å². The second-order valence-corrected chi connectivity index (χ2v) is 5.07. The summed E-state index contributed by atoms with van der Waals surface area (Å²) in [6, 6.07) is 3.09. The molecule has 20 heavy (non-hydrogen) atoms. The van der Waals surface area contributed by atoms with E-state index in [0.717, 1.165) is 18.4 Å². The summed E-state index contributed by atoms with van der Waals surface area (Å²) in [7, 11) is 0. The molecule has 0 aliphatic carbocycles. The van der Waals surface area contributed by atoms with Crippen molar-refractivity contribution in [3.8, 4) is 0 Å². The minimum absolute atomic E-state index is 0.162. The first-order chi connectivity index (χ1) is 9.35. The van der Waals surface area contributed by atoms with Gasteiger partial charge in [-0.3, -0.25) is 4.79 Å². The summed E-state index contributed by atoms with van der Waals surface area (Å²) in [5.41, 5.74) is 8.06. The number of nitrogens with two attached hydrogens (primary N) is 1. The Labute approximate surface area is 119 Å². The van der Waals surface area contributed by atoms with E-state index in [-0.39, 0.29) is 23.9 Å². The molecular formula is C15H22N2O3. The number of nitrogens with one attached hydrogen (secondary N) is 1. The molecule has 0 bridgehead atoms. The van der Waals surface area contributed by atoms with Crippen LogP contribution in [0.1, 0.15) is 47.7 Å². The molecule has 0 radical (unpaired) electrons. The van der Waals surface area contributed by atoms with Crippen molar-refractivity contribution < 1.29 is 14.7 Å². The smallest absolute Gasteiger partial charge is 0.336 e. The van der Waals surface area contributed by atoms with Gasteiger partial charge in [-0.05, 0) is 43.5 Å². The standard InChI is InChI=1S/C15H22N2O3/c1-4-5-11(16)7-14(18)17-12-6-9(2)10(3)13(8-12)15(19)20/h6,8,11H,4-5,7,16H2,1-3H3,(H,17,18)(H,19,20). The zero-order chi connectivity index (χ0) is 15.3. The molecule has 0 saturated heterocycles. The third kappa shape index (κ3) is 4.35. The van der Waals surface area contributed by atoms with Gasteiger partial charge in [0.05, 0.1) is 5.56 Å². The van der Waals surface area contributed by atoms with Gasteiger partial charge in [-0.2, -0.15) is 0 Å². The van der Waals surface area contributed by atoms with Crippen molar-refractivity contribution in [2.75, 3.05) is 5.32 Å². The lowest BCUT2D eigenvalue weighted by Gasteiger charge is -2.13. The number of carboxylic acid groups (broad SMARTS) is 1. The lowest BCUT2D eigenvalue weighted by atomic mass is 10.0. The maximum absolute atomic E-state index is 11.8. The van der Waals surface area contributed by atoms with E-state index in [1.54, 1.807) is 13.0 Å². The fraction of sp³-hybridized carbons (Fsp3) is 0.467. The van der Waals surface area contributed by atoms with Gasteiger partial charge in [0.1, 0.15) is 0 Å². The van der Waals surface area contributed by atoms with Crippen molar-refractivity contribution in [2.45, 2.75) is 46.1 Å². The van der Waals surface area contributed by atoms with E-state index in [4.69, 9.17) is 10.8 Å². The summed E-state index contributed by atoms with van der Waals surface area (Å²) in [6.07, 6.45) is 1.96. The molecule has 0 aromatic heterocycles. The summed E-state index contributed by atoms with van der Waals surface area (Å²) < 4.78 is 0. The predicted octanol–water partition coefficient (Wildman–Crippen LogP) is 2.46. The van der Waals surface area contributed by atoms with Crippen LogP contribution in [0.5, 0.6) is 0 Å². The average Bonchev–Trinajstić information content (AvgIpc) is 2.33. The van der Waals surface area contributed by atoms with Crippen LogP contribution in [0.15, 0.2) is 12.1 Å². The zero-order valence-corrected chi connectivity index (χ0v) is 12.2. The molecule has 110 valence electrons. The number of benzene rings is 1. The Morgan fingerprint density at radius 1 is 1.35 bits per heavy atom. The van der Waals surface area contributed by atoms with Crippen molar-refractivity contribution in [3.63, 3.8) is 0 Å². The van der Waals surface area contributed by atoms with Gasteiger partial charge in [-0.15, -0.1) is 0 Å². The van der Waals surface area contributed by atoms with Crippen LogP contribution in [0.3, 0.4) is 0 Å². The average molecular weight is 278 g/mol. The molecule has 1 amide bonds. The minimum Gasteiger partial charge on any atom is -0.478 e. The van der Waals surface area contributed by atoms with Crippen LogP contribution < -0.4 is 11.1 Å². The molecule has 1 unspecified atom stereocenters. The first-order valence-corrected chi connectivity index (χ1v) is 6.75. The maximum atomic E-state index is 11.8. The summed E-state index contributed by atoms with van der Waals surface area (Å²) in [6.45, 7) is 5.59. The van der Waals surface area contributed by atoms with Crippen LogP contribution in [0.4, 0.5) is 5.69 Å². The number of aryl methyl sites for hydroxylation is 1. The lowest BCUT2D eigenvalue weighted by molar-refractivity contribution is -0.116. The summed E-state index contributed by atoms with van der Waals surface area (Å²) in [5, 5.41) is 11.8. The van der Waals surface area contributed by atoms with Crippen LogP contribution >= 0.6 is 0 Å². The normalized spacial score (nSPS) is 12.0. The molecule has 1 rings (SSSR count). The molecule has 1 atom stereocenters. The number of carbonyl (C=O) groups excluding carboxylic acids is 1. The molecule has 0 spiro atoms. The van der Waals surface area contributed by atoms with Crippen LogP contribution in [0.2, 0.25) is 0 Å². The molecule has 4 N–H and O–H groups in total. The van der Waals surface area contributed by atoms with Crippen LogP contribution in [0, 0.1) is 13.8 Å². The van der Waals surface area contributed by atoms with Crippen LogP contribution in [-0.2, 0) is 4.79 Å². The number of anilines is 1. The highest BCUT2D eigenvalue weighted by Gasteiger charge is 2.13.